The minimum absolute atomic E-state index is 0.0443. The molecular weight excluding hydrogens is 238 g/mol. The molecule has 1 aliphatic rings. The zero-order valence-corrected chi connectivity index (χ0v) is 11.8. The predicted octanol–water partition coefficient (Wildman–Crippen LogP) is 2.25. The number of carbonyl (C=O) groups excluding carboxylic acids is 1. The Kier molecular flexibility index (Phi) is 4.43. The lowest BCUT2D eigenvalue weighted by atomic mass is 10.0. The normalized spacial score (nSPS) is 20.2. The summed E-state index contributed by atoms with van der Waals surface area (Å²) in [5, 5.41) is 2.95. The Morgan fingerprint density at radius 3 is 3.05 bits per heavy atom. The van der Waals surface area contributed by atoms with E-state index in [1.807, 2.05) is 25.1 Å². The topological polar surface area (TPSA) is 58.4 Å². The monoisotopic (exact) mass is 261 g/mol. The molecule has 3 N–H and O–H groups in total. The number of rotatable bonds is 3. The fraction of sp³-hybridized carbons (Fsp3) is 0.533. The molecule has 1 saturated heterocycles. The number of amides is 1. The lowest BCUT2D eigenvalue weighted by molar-refractivity contribution is -0.117. The molecule has 1 aromatic carbocycles. The van der Waals surface area contributed by atoms with Gasteiger partial charge in [0.25, 0.3) is 0 Å². The van der Waals surface area contributed by atoms with Gasteiger partial charge in [-0.3, -0.25) is 9.69 Å². The minimum atomic E-state index is 0.0443. The molecule has 2 rings (SSSR count). The van der Waals surface area contributed by atoms with Gasteiger partial charge in [-0.15, -0.1) is 0 Å². The number of carbonyl (C=O) groups is 1. The maximum absolute atomic E-state index is 12.1. The molecule has 1 aromatic rings. The number of benzene rings is 1. The summed E-state index contributed by atoms with van der Waals surface area (Å²) in [7, 11) is 0. The lowest BCUT2D eigenvalue weighted by Gasteiger charge is -2.30. The van der Waals surface area contributed by atoms with Gasteiger partial charge in [0.15, 0.2) is 0 Å². The Morgan fingerprint density at radius 2 is 2.32 bits per heavy atom. The molecule has 1 amide bonds. The molecule has 1 heterocycles. The second-order valence-electron chi connectivity index (χ2n) is 5.55. The third-order valence-corrected chi connectivity index (χ3v) is 3.76. The van der Waals surface area contributed by atoms with Gasteiger partial charge in [-0.1, -0.05) is 13.0 Å². The van der Waals surface area contributed by atoms with Crippen molar-refractivity contribution in [3.05, 3.63) is 23.8 Å². The molecular formula is C15H23N3O. The summed E-state index contributed by atoms with van der Waals surface area (Å²) in [5.41, 5.74) is 8.30. The largest absolute Gasteiger partial charge is 0.398 e. The molecule has 0 bridgehead atoms. The van der Waals surface area contributed by atoms with E-state index in [0.717, 1.165) is 24.3 Å². The van der Waals surface area contributed by atoms with Gasteiger partial charge in [0.1, 0.15) is 0 Å². The van der Waals surface area contributed by atoms with Crippen LogP contribution in [-0.4, -0.2) is 30.4 Å². The third-order valence-electron chi connectivity index (χ3n) is 3.76. The van der Waals surface area contributed by atoms with Crippen LogP contribution in [0.4, 0.5) is 11.4 Å². The van der Waals surface area contributed by atoms with Gasteiger partial charge in [-0.05, 0) is 49.9 Å². The van der Waals surface area contributed by atoms with E-state index in [2.05, 4.69) is 17.1 Å². The number of hydrogen-bond acceptors (Lipinski definition) is 3. The SMILES string of the molecule is Cc1c(N)cccc1NC(=O)CN1CCCC(C)C1. The number of likely N-dealkylation sites (tertiary alicyclic amines) is 1. The summed E-state index contributed by atoms with van der Waals surface area (Å²) in [5.74, 6) is 0.735. The van der Waals surface area contributed by atoms with E-state index in [1.54, 1.807) is 0 Å². The molecule has 4 heteroatoms. The van der Waals surface area contributed by atoms with Crippen LogP contribution in [0.1, 0.15) is 25.3 Å². The van der Waals surface area contributed by atoms with Gasteiger partial charge in [-0.25, -0.2) is 0 Å². The molecule has 1 aliphatic heterocycles. The van der Waals surface area contributed by atoms with Crippen molar-refractivity contribution in [1.29, 1.82) is 0 Å². The van der Waals surface area contributed by atoms with Crippen LogP contribution in [0.25, 0.3) is 0 Å². The smallest absolute Gasteiger partial charge is 0.238 e. The van der Waals surface area contributed by atoms with Crippen LogP contribution in [0.3, 0.4) is 0 Å². The Morgan fingerprint density at radius 1 is 1.53 bits per heavy atom. The van der Waals surface area contributed by atoms with Crippen molar-refractivity contribution < 1.29 is 4.79 Å². The molecule has 0 radical (unpaired) electrons. The summed E-state index contributed by atoms with van der Waals surface area (Å²) in [6.07, 6.45) is 2.46. The highest BCUT2D eigenvalue weighted by Gasteiger charge is 2.18. The molecule has 0 spiro atoms. The molecule has 0 saturated carbocycles. The first kappa shape index (κ1) is 13.9. The van der Waals surface area contributed by atoms with Gasteiger partial charge >= 0.3 is 0 Å². The second-order valence-corrected chi connectivity index (χ2v) is 5.55. The molecule has 104 valence electrons. The van der Waals surface area contributed by atoms with Gasteiger partial charge in [-0.2, -0.15) is 0 Å². The number of nitrogens with zero attached hydrogens (tertiary/aromatic N) is 1. The van der Waals surface area contributed by atoms with E-state index in [4.69, 9.17) is 5.73 Å². The maximum Gasteiger partial charge on any atom is 0.238 e. The number of nitrogens with one attached hydrogen (secondary N) is 1. The summed E-state index contributed by atoms with van der Waals surface area (Å²) in [6.45, 7) is 6.68. The Labute approximate surface area is 115 Å². The first-order chi connectivity index (χ1) is 9.06. The van der Waals surface area contributed by atoms with Crippen molar-refractivity contribution in [2.24, 2.45) is 5.92 Å². The molecule has 4 nitrogen and oxygen atoms in total. The van der Waals surface area contributed by atoms with Gasteiger partial charge in [0.2, 0.25) is 5.91 Å². The van der Waals surface area contributed by atoms with Gasteiger partial charge in [0, 0.05) is 17.9 Å². The van der Waals surface area contributed by atoms with Crippen molar-refractivity contribution in [3.8, 4) is 0 Å². The van der Waals surface area contributed by atoms with Crippen LogP contribution in [0, 0.1) is 12.8 Å². The van der Waals surface area contributed by atoms with Crippen molar-refractivity contribution in [3.63, 3.8) is 0 Å². The Balaban J connectivity index is 1.92. The number of hydrogen-bond donors (Lipinski definition) is 2. The number of nitrogens with two attached hydrogens (primary N) is 1. The zero-order valence-electron chi connectivity index (χ0n) is 11.8. The van der Waals surface area contributed by atoms with Gasteiger partial charge < -0.3 is 11.1 Å². The van der Waals surface area contributed by atoms with E-state index in [-0.39, 0.29) is 5.91 Å². The van der Waals surface area contributed by atoms with E-state index in [0.29, 0.717) is 18.2 Å². The minimum Gasteiger partial charge on any atom is -0.398 e. The number of piperidine rings is 1. The standard InChI is InChI=1S/C15H23N3O/c1-11-5-4-8-18(9-11)10-15(19)17-14-7-3-6-13(16)12(14)2/h3,6-7,11H,4-5,8-10,16H2,1-2H3,(H,17,19). The van der Waals surface area contributed by atoms with Crippen LogP contribution in [0.2, 0.25) is 0 Å². The van der Waals surface area contributed by atoms with Crippen molar-refractivity contribution in [1.82, 2.24) is 4.90 Å². The zero-order chi connectivity index (χ0) is 13.8. The van der Waals surface area contributed by atoms with E-state index in [9.17, 15) is 4.79 Å². The molecule has 1 atom stereocenters. The highest BCUT2D eigenvalue weighted by molar-refractivity contribution is 5.93. The van der Waals surface area contributed by atoms with Crippen LogP contribution in [0.15, 0.2) is 18.2 Å². The average Bonchev–Trinajstić information content (AvgIpc) is 2.35. The highest BCUT2D eigenvalue weighted by Crippen LogP contribution is 2.20. The van der Waals surface area contributed by atoms with E-state index < -0.39 is 0 Å². The molecule has 1 unspecified atom stereocenters. The third kappa shape index (κ3) is 3.70. The first-order valence-electron chi connectivity index (χ1n) is 6.93. The Bertz CT molecular complexity index is 459. The summed E-state index contributed by atoms with van der Waals surface area (Å²) >= 11 is 0. The number of anilines is 2. The fourth-order valence-electron chi connectivity index (χ4n) is 2.61. The highest BCUT2D eigenvalue weighted by atomic mass is 16.2. The van der Waals surface area contributed by atoms with Gasteiger partial charge in [0.05, 0.1) is 6.54 Å². The molecule has 0 aliphatic carbocycles. The van der Waals surface area contributed by atoms with Crippen LogP contribution in [0.5, 0.6) is 0 Å². The molecule has 1 fully saturated rings. The van der Waals surface area contributed by atoms with E-state index in [1.165, 1.54) is 12.8 Å². The predicted molar refractivity (Wildman–Crippen MR) is 79.1 cm³/mol. The average molecular weight is 261 g/mol. The number of nitrogen functional groups attached to an aromatic ring is 1. The fourth-order valence-corrected chi connectivity index (χ4v) is 2.61. The Hall–Kier alpha value is -1.55. The van der Waals surface area contributed by atoms with Crippen molar-refractivity contribution >= 4 is 17.3 Å². The van der Waals surface area contributed by atoms with E-state index >= 15 is 0 Å². The molecule has 19 heavy (non-hydrogen) atoms. The summed E-state index contributed by atoms with van der Waals surface area (Å²) < 4.78 is 0. The summed E-state index contributed by atoms with van der Waals surface area (Å²) in [6, 6.07) is 5.60. The first-order valence-corrected chi connectivity index (χ1v) is 6.93. The summed E-state index contributed by atoms with van der Waals surface area (Å²) in [4.78, 5) is 14.3. The van der Waals surface area contributed by atoms with Crippen LogP contribution in [-0.2, 0) is 4.79 Å². The lowest BCUT2D eigenvalue weighted by Crippen LogP contribution is -2.39. The van der Waals surface area contributed by atoms with Crippen LogP contribution < -0.4 is 11.1 Å². The van der Waals surface area contributed by atoms with Crippen LogP contribution >= 0.6 is 0 Å². The maximum atomic E-state index is 12.1. The van der Waals surface area contributed by atoms with Crippen molar-refractivity contribution in [2.45, 2.75) is 26.7 Å². The second kappa shape index (κ2) is 6.06. The van der Waals surface area contributed by atoms with Crippen molar-refractivity contribution in [2.75, 3.05) is 30.7 Å². The molecule has 0 aromatic heterocycles. The quantitative estimate of drug-likeness (QED) is 0.820.